The Morgan fingerprint density at radius 3 is 2.50 bits per heavy atom. The molecule has 0 aromatic rings. The Morgan fingerprint density at radius 1 is 1.22 bits per heavy atom. The quantitative estimate of drug-likeness (QED) is 0.484. The lowest BCUT2D eigenvalue weighted by Crippen LogP contribution is -2.44. The Hall–Kier alpha value is -1.50. The topological polar surface area (TPSA) is 58.2 Å². The van der Waals surface area contributed by atoms with E-state index in [0.29, 0.717) is 6.42 Å². The summed E-state index contributed by atoms with van der Waals surface area (Å²) < 4.78 is 0. The normalized spacial score (nSPS) is 11.4. The van der Waals surface area contributed by atoms with Crippen molar-refractivity contribution in [2.24, 2.45) is 0 Å². The van der Waals surface area contributed by atoms with E-state index in [1.807, 2.05) is 0 Å². The third kappa shape index (κ3) is 8.63. The zero-order valence-corrected chi connectivity index (χ0v) is 11.4. The lowest BCUT2D eigenvalue weighted by molar-refractivity contribution is -0.128. The number of nitrogens with one attached hydrogen (secondary N) is 2. The second kappa shape index (κ2) is 10.6. The highest BCUT2D eigenvalue weighted by Crippen LogP contribution is 2.04. The lowest BCUT2D eigenvalue weighted by atomic mass is 10.1. The van der Waals surface area contributed by atoms with Gasteiger partial charge in [-0.15, -0.1) is 6.42 Å². The number of carbonyl (C=O) groups excluding carboxylic acids is 2. The third-order valence-electron chi connectivity index (χ3n) is 2.64. The maximum absolute atomic E-state index is 11.5. The van der Waals surface area contributed by atoms with Gasteiger partial charge in [-0.3, -0.25) is 9.59 Å². The van der Waals surface area contributed by atoms with Crippen molar-refractivity contribution in [3.63, 3.8) is 0 Å². The van der Waals surface area contributed by atoms with E-state index in [1.165, 1.54) is 19.3 Å². The number of unbranched alkanes of at least 4 members (excludes halogenated alkanes) is 4. The van der Waals surface area contributed by atoms with E-state index in [4.69, 9.17) is 6.42 Å². The highest BCUT2D eigenvalue weighted by molar-refractivity contribution is 5.87. The second-order valence-corrected chi connectivity index (χ2v) is 4.38. The zero-order valence-electron chi connectivity index (χ0n) is 11.4. The third-order valence-corrected chi connectivity index (χ3v) is 2.64. The maximum atomic E-state index is 11.5. The minimum Gasteiger partial charge on any atom is -0.345 e. The van der Waals surface area contributed by atoms with Crippen molar-refractivity contribution in [3.05, 3.63) is 0 Å². The van der Waals surface area contributed by atoms with Crippen LogP contribution in [0.3, 0.4) is 0 Å². The summed E-state index contributed by atoms with van der Waals surface area (Å²) in [6.45, 7) is 4.00. The van der Waals surface area contributed by atoms with Crippen LogP contribution in [0.1, 0.15) is 52.4 Å². The molecule has 18 heavy (non-hydrogen) atoms. The van der Waals surface area contributed by atoms with Crippen LogP contribution in [0, 0.1) is 12.3 Å². The standard InChI is InChI=1S/C14H24N2O2/c1-4-6-7-8-9-10-13(17)16-12(3)14(18)15-11-5-2/h2,12H,4,6-11H2,1,3H3,(H,15,18)(H,16,17)/t12-/m0/s1. The molecule has 0 radical (unpaired) electrons. The number of hydrogen-bond acceptors (Lipinski definition) is 2. The summed E-state index contributed by atoms with van der Waals surface area (Å²) in [6.07, 6.45) is 11.0. The molecule has 0 bridgehead atoms. The largest absolute Gasteiger partial charge is 0.345 e. The first-order valence-corrected chi connectivity index (χ1v) is 6.62. The molecule has 0 rings (SSSR count). The first-order chi connectivity index (χ1) is 8.61. The monoisotopic (exact) mass is 252 g/mol. The highest BCUT2D eigenvalue weighted by atomic mass is 16.2. The van der Waals surface area contributed by atoms with Crippen molar-refractivity contribution in [2.75, 3.05) is 6.54 Å². The zero-order chi connectivity index (χ0) is 13.8. The fraction of sp³-hybridized carbons (Fsp3) is 0.714. The van der Waals surface area contributed by atoms with E-state index in [-0.39, 0.29) is 18.4 Å². The molecule has 1 atom stereocenters. The predicted octanol–water partition coefficient (Wildman–Crippen LogP) is 1.60. The molecule has 0 aliphatic rings. The van der Waals surface area contributed by atoms with Crippen molar-refractivity contribution in [3.8, 4) is 12.3 Å². The molecule has 4 nitrogen and oxygen atoms in total. The number of amides is 2. The van der Waals surface area contributed by atoms with Crippen LogP contribution in [0.15, 0.2) is 0 Å². The van der Waals surface area contributed by atoms with E-state index in [0.717, 1.165) is 12.8 Å². The van der Waals surface area contributed by atoms with Gasteiger partial charge in [-0.05, 0) is 13.3 Å². The SMILES string of the molecule is C#CCNC(=O)[C@H](C)NC(=O)CCCCCCC. The Bertz CT molecular complexity index is 295. The van der Waals surface area contributed by atoms with Crippen LogP contribution in [0.4, 0.5) is 0 Å². The summed E-state index contributed by atoms with van der Waals surface area (Å²) in [4.78, 5) is 23.0. The molecule has 2 N–H and O–H groups in total. The fourth-order valence-electron chi connectivity index (χ4n) is 1.56. The van der Waals surface area contributed by atoms with Crippen LogP contribution in [-0.4, -0.2) is 24.4 Å². The number of hydrogen-bond donors (Lipinski definition) is 2. The maximum Gasteiger partial charge on any atom is 0.243 e. The molecule has 0 fully saturated rings. The minimum atomic E-state index is -0.526. The van der Waals surface area contributed by atoms with Crippen molar-refractivity contribution in [1.29, 1.82) is 0 Å². The number of rotatable bonds is 9. The molecule has 0 aromatic heterocycles. The summed E-state index contributed by atoms with van der Waals surface area (Å²) >= 11 is 0. The summed E-state index contributed by atoms with van der Waals surface area (Å²) in [7, 11) is 0. The lowest BCUT2D eigenvalue weighted by Gasteiger charge is -2.12. The predicted molar refractivity (Wildman–Crippen MR) is 72.8 cm³/mol. The van der Waals surface area contributed by atoms with Crippen molar-refractivity contribution in [2.45, 2.75) is 58.4 Å². The Labute approximate surface area is 110 Å². The number of carbonyl (C=O) groups is 2. The van der Waals surface area contributed by atoms with Gasteiger partial charge in [0.1, 0.15) is 6.04 Å². The summed E-state index contributed by atoms with van der Waals surface area (Å²) in [5.41, 5.74) is 0. The van der Waals surface area contributed by atoms with Gasteiger partial charge >= 0.3 is 0 Å². The van der Waals surface area contributed by atoms with Gasteiger partial charge in [0.15, 0.2) is 0 Å². The van der Waals surface area contributed by atoms with Crippen LogP contribution in [-0.2, 0) is 9.59 Å². The molecule has 0 saturated carbocycles. The van der Waals surface area contributed by atoms with Crippen LogP contribution in [0.25, 0.3) is 0 Å². The van der Waals surface area contributed by atoms with Gasteiger partial charge in [0.25, 0.3) is 0 Å². The van der Waals surface area contributed by atoms with E-state index >= 15 is 0 Å². The van der Waals surface area contributed by atoms with Crippen molar-refractivity contribution in [1.82, 2.24) is 10.6 Å². The molecule has 0 spiro atoms. The fourth-order valence-corrected chi connectivity index (χ4v) is 1.56. The van der Waals surface area contributed by atoms with E-state index in [9.17, 15) is 9.59 Å². The summed E-state index contributed by atoms with van der Waals surface area (Å²) in [5, 5.41) is 5.19. The molecule has 2 amide bonds. The van der Waals surface area contributed by atoms with Gasteiger partial charge in [0.05, 0.1) is 6.54 Å². The van der Waals surface area contributed by atoms with Crippen LogP contribution in [0.5, 0.6) is 0 Å². The number of terminal acetylenes is 1. The molecular formula is C14H24N2O2. The average Bonchev–Trinajstić information content (AvgIpc) is 2.35. The van der Waals surface area contributed by atoms with Crippen LogP contribution < -0.4 is 10.6 Å². The van der Waals surface area contributed by atoms with E-state index in [2.05, 4.69) is 23.5 Å². The molecule has 0 saturated heterocycles. The highest BCUT2D eigenvalue weighted by Gasteiger charge is 2.14. The molecule has 4 heteroatoms. The molecule has 102 valence electrons. The van der Waals surface area contributed by atoms with Gasteiger partial charge in [-0.2, -0.15) is 0 Å². The van der Waals surface area contributed by atoms with Gasteiger partial charge in [0.2, 0.25) is 11.8 Å². The van der Waals surface area contributed by atoms with E-state index < -0.39 is 6.04 Å². The van der Waals surface area contributed by atoms with Crippen LogP contribution in [0.2, 0.25) is 0 Å². The van der Waals surface area contributed by atoms with Crippen molar-refractivity contribution >= 4 is 11.8 Å². The molecule has 0 aliphatic heterocycles. The minimum absolute atomic E-state index is 0.0742. The first kappa shape index (κ1) is 16.5. The first-order valence-electron chi connectivity index (χ1n) is 6.62. The average molecular weight is 252 g/mol. The molecule has 0 heterocycles. The Morgan fingerprint density at radius 2 is 1.89 bits per heavy atom. The van der Waals surface area contributed by atoms with Crippen molar-refractivity contribution < 1.29 is 9.59 Å². The molecule has 0 unspecified atom stereocenters. The molecular weight excluding hydrogens is 228 g/mol. The van der Waals surface area contributed by atoms with Gasteiger partial charge < -0.3 is 10.6 Å². The van der Waals surface area contributed by atoms with Gasteiger partial charge in [0, 0.05) is 6.42 Å². The Balaban J connectivity index is 3.67. The van der Waals surface area contributed by atoms with E-state index in [1.54, 1.807) is 6.92 Å². The van der Waals surface area contributed by atoms with Crippen LogP contribution >= 0.6 is 0 Å². The van der Waals surface area contributed by atoms with Gasteiger partial charge in [-0.1, -0.05) is 38.5 Å². The van der Waals surface area contributed by atoms with Gasteiger partial charge in [-0.25, -0.2) is 0 Å². The second-order valence-electron chi connectivity index (χ2n) is 4.38. The molecule has 0 aromatic carbocycles. The smallest absolute Gasteiger partial charge is 0.243 e. The Kier molecular flexibility index (Phi) is 9.75. The summed E-state index contributed by atoms with van der Waals surface area (Å²) in [6, 6.07) is -0.526. The summed E-state index contributed by atoms with van der Waals surface area (Å²) in [5.74, 6) is 2.00. The molecule has 0 aliphatic carbocycles.